The topological polar surface area (TPSA) is 25.2 Å². The minimum atomic E-state index is -0.254. The van der Waals surface area contributed by atoms with E-state index in [1.807, 2.05) is 23.1 Å². The lowest BCUT2D eigenvalue weighted by Gasteiger charge is -2.33. The van der Waals surface area contributed by atoms with Gasteiger partial charge in [0.05, 0.1) is 0 Å². The van der Waals surface area contributed by atoms with E-state index in [0.29, 0.717) is 12.3 Å². The molecule has 180 valence electrons. The molecule has 3 aromatic carbocycles. The van der Waals surface area contributed by atoms with Gasteiger partial charge in [-0.3, -0.25) is 4.79 Å². The number of carbonyl (C=O) groups is 1. The number of piperidine rings is 1. The largest absolute Gasteiger partial charge is 0.347 e. The van der Waals surface area contributed by atoms with Crippen molar-refractivity contribution in [2.45, 2.75) is 45.1 Å². The van der Waals surface area contributed by atoms with Gasteiger partial charge in [-0.2, -0.15) is 0 Å². The highest BCUT2D eigenvalue weighted by Crippen LogP contribution is 2.36. The molecular formula is C31H33FN2O. The molecule has 35 heavy (non-hydrogen) atoms. The zero-order chi connectivity index (χ0) is 24.2. The number of likely N-dealkylation sites (tertiary alicyclic amines) is 1. The van der Waals surface area contributed by atoms with E-state index in [-0.39, 0.29) is 17.6 Å². The highest BCUT2D eigenvalue weighted by Gasteiger charge is 2.28. The molecule has 1 atom stereocenters. The van der Waals surface area contributed by atoms with Crippen LogP contribution in [0.15, 0.2) is 85.1 Å². The van der Waals surface area contributed by atoms with Gasteiger partial charge in [0.1, 0.15) is 5.82 Å². The first-order chi connectivity index (χ1) is 17.1. The number of carbonyl (C=O) groups excluding carboxylic acids is 1. The van der Waals surface area contributed by atoms with Crippen LogP contribution in [-0.4, -0.2) is 28.5 Å². The molecule has 1 fully saturated rings. The van der Waals surface area contributed by atoms with Crippen LogP contribution < -0.4 is 0 Å². The molecule has 1 saturated heterocycles. The maximum Gasteiger partial charge on any atom is 0.223 e. The zero-order valence-electron chi connectivity index (χ0n) is 20.4. The van der Waals surface area contributed by atoms with Crippen LogP contribution in [0.2, 0.25) is 0 Å². The van der Waals surface area contributed by atoms with E-state index in [1.165, 1.54) is 23.2 Å². The Hall–Kier alpha value is -3.40. The standard InChI is InChI=1S/C31H33FN2O/c1-2-33-22-29(27-10-6-7-11-30(27)33)28(25-12-14-26(32)15-13-25)21-31(35)34-18-16-24(17-19-34)20-23-8-4-3-5-9-23/h3-15,22,24,28H,2,16-21H2,1H3. The summed E-state index contributed by atoms with van der Waals surface area (Å²) in [6, 6.07) is 25.7. The zero-order valence-corrected chi connectivity index (χ0v) is 20.4. The maximum atomic E-state index is 13.7. The summed E-state index contributed by atoms with van der Waals surface area (Å²) in [6.07, 6.45) is 5.73. The summed E-state index contributed by atoms with van der Waals surface area (Å²) in [5, 5.41) is 1.16. The second-order valence-electron chi connectivity index (χ2n) is 9.71. The van der Waals surface area contributed by atoms with Gasteiger partial charge in [-0.25, -0.2) is 4.39 Å². The summed E-state index contributed by atoms with van der Waals surface area (Å²) < 4.78 is 16.0. The van der Waals surface area contributed by atoms with Gasteiger partial charge in [-0.05, 0) is 67.0 Å². The average Bonchev–Trinajstić information content (AvgIpc) is 3.27. The van der Waals surface area contributed by atoms with Crippen molar-refractivity contribution in [2.24, 2.45) is 5.92 Å². The van der Waals surface area contributed by atoms with Gasteiger partial charge in [-0.15, -0.1) is 0 Å². The molecule has 0 N–H and O–H groups in total. The van der Waals surface area contributed by atoms with E-state index in [1.54, 1.807) is 0 Å². The Morgan fingerprint density at radius 1 is 0.943 bits per heavy atom. The molecule has 0 aliphatic carbocycles. The first-order valence-electron chi connectivity index (χ1n) is 12.8. The predicted octanol–water partition coefficient (Wildman–Crippen LogP) is 6.80. The first kappa shape index (κ1) is 23.3. The number of rotatable bonds is 7. The maximum absolute atomic E-state index is 13.7. The summed E-state index contributed by atoms with van der Waals surface area (Å²) in [5.41, 5.74) is 4.67. The second kappa shape index (κ2) is 10.5. The van der Waals surface area contributed by atoms with E-state index in [0.717, 1.165) is 55.4 Å². The van der Waals surface area contributed by atoms with Crippen molar-refractivity contribution in [1.82, 2.24) is 9.47 Å². The summed E-state index contributed by atoms with van der Waals surface area (Å²) in [4.78, 5) is 15.6. The summed E-state index contributed by atoms with van der Waals surface area (Å²) in [7, 11) is 0. The van der Waals surface area contributed by atoms with Crippen LogP contribution in [0.3, 0.4) is 0 Å². The second-order valence-corrected chi connectivity index (χ2v) is 9.71. The number of halogens is 1. The highest BCUT2D eigenvalue weighted by atomic mass is 19.1. The molecule has 1 unspecified atom stereocenters. The van der Waals surface area contributed by atoms with Gasteiger partial charge in [0.25, 0.3) is 0 Å². The van der Waals surface area contributed by atoms with Crippen molar-refractivity contribution in [1.29, 1.82) is 0 Å². The Labute approximate surface area is 207 Å². The lowest BCUT2D eigenvalue weighted by atomic mass is 9.86. The van der Waals surface area contributed by atoms with Gasteiger partial charge in [0.15, 0.2) is 0 Å². The van der Waals surface area contributed by atoms with Crippen molar-refractivity contribution in [2.75, 3.05) is 13.1 Å². The van der Waals surface area contributed by atoms with E-state index < -0.39 is 0 Å². The number of amides is 1. The third-order valence-corrected chi connectivity index (χ3v) is 7.52. The van der Waals surface area contributed by atoms with Crippen LogP contribution in [0, 0.1) is 11.7 Å². The third-order valence-electron chi connectivity index (χ3n) is 7.52. The van der Waals surface area contributed by atoms with E-state index >= 15 is 0 Å². The first-order valence-corrected chi connectivity index (χ1v) is 12.8. The Kier molecular flexibility index (Phi) is 6.98. The van der Waals surface area contributed by atoms with Crippen molar-refractivity contribution in [3.05, 3.63) is 108 Å². The van der Waals surface area contributed by atoms with Gasteiger partial charge < -0.3 is 9.47 Å². The fourth-order valence-electron chi connectivity index (χ4n) is 5.55. The molecule has 3 nitrogen and oxygen atoms in total. The molecule has 1 aliphatic rings. The summed E-state index contributed by atoms with van der Waals surface area (Å²) in [6.45, 7) is 4.61. The Balaban J connectivity index is 1.35. The SMILES string of the molecule is CCn1cc(C(CC(=O)N2CCC(Cc3ccccc3)CC2)c2ccc(F)cc2)c2ccccc21. The van der Waals surface area contributed by atoms with Crippen LogP contribution in [0.4, 0.5) is 4.39 Å². The van der Waals surface area contributed by atoms with Crippen molar-refractivity contribution in [3.63, 3.8) is 0 Å². The van der Waals surface area contributed by atoms with Crippen molar-refractivity contribution < 1.29 is 9.18 Å². The normalized spacial score (nSPS) is 15.4. The molecule has 0 saturated carbocycles. The molecule has 4 aromatic rings. The number of hydrogen-bond acceptors (Lipinski definition) is 1. The molecule has 5 rings (SSSR count). The van der Waals surface area contributed by atoms with Crippen LogP contribution in [0.1, 0.15) is 48.8 Å². The number of benzene rings is 3. The van der Waals surface area contributed by atoms with Crippen molar-refractivity contribution >= 4 is 16.8 Å². The minimum Gasteiger partial charge on any atom is -0.347 e. The quantitative estimate of drug-likeness (QED) is 0.293. The molecule has 1 aliphatic heterocycles. The van der Waals surface area contributed by atoms with Crippen LogP contribution in [0.5, 0.6) is 0 Å². The predicted molar refractivity (Wildman–Crippen MR) is 140 cm³/mol. The molecule has 0 spiro atoms. The molecule has 1 aromatic heterocycles. The van der Waals surface area contributed by atoms with Gasteiger partial charge >= 0.3 is 0 Å². The minimum absolute atomic E-state index is 0.108. The summed E-state index contributed by atoms with van der Waals surface area (Å²) in [5.74, 6) is 0.445. The highest BCUT2D eigenvalue weighted by molar-refractivity contribution is 5.86. The number of fused-ring (bicyclic) bond motifs is 1. The van der Waals surface area contributed by atoms with Crippen LogP contribution in [-0.2, 0) is 17.8 Å². The number of aryl methyl sites for hydroxylation is 1. The lowest BCUT2D eigenvalue weighted by molar-refractivity contribution is -0.132. The van der Waals surface area contributed by atoms with Crippen LogP contribution >= 0.6 is 0 Å². The van der Waals surface area contributed by atoms with Crippen LogP contribution in [0.25, 0.3) is 10.9 Å². The van der Waals surface area contributed by atoms with Gasteiger partial charge in [0.2, 0.25) is 5.91 Å². The monoisotopic (exact) mass is 468 g/mol. The summed E-state index contributed by atoms with van der Waals surface area (Å²) >= 11 is 0. The molecule has 0 bridgehead atoms. The number of hydrogen-bond donors (Lipinski definition) is 0. The Morgan fingerprint density at radius 2 is 1.63 bits per heavy atom. The molecule has 2 heterocycles. The molecule has 0 radical (unpaired) electrons. The molecular weight excluding hydrogens is 435 g/mol. The average molecular weight is 469 g/mol. The fraction of sp³-hybridized carbons (Fsp3) is 0.323. The molecule has 1 amide bonds. The molecule has 4 heteroatoms. The smallest absolute Gasteiger partial charge is 0.223 e. The van der Waals surface area contributed by atoms with Crippen molar-refractivity contribution in [3.8, 4) is 0 Å². The van der Waals surface area contributed by atoms with Gasteiger partial charge in [-0.1, -0.05) is 60.7 Å². The Morgan fingerprint density at radius 3 is 2.34 bits per heavy atom. The van der Waals surface area contributed by atoms with E-state index in [9.17, 15) is 9.18 Å². The Bertz CT molecular complexity index is 1270. The van der Waals surface area contributed by atoms with Gasteiger partial charge in [0, 0.05) is 49.1 Å². The lowest BCUT2D eigenvalue weighted by Crippen LogP contribution is -2.39. The number of aromatic nitrogens is 1. The number of nitrogens with zero attached hydrogens (tertiary/aromatic N) is 2. The third kappa shape index (κ3) is 5.17. The van der Waals surface area contributed by atoms with E-state index in [2.05, 4.69) is 66.2 Å². The fourth-order valence-corrected chi connectivity index (χ4v) is 5.55. The number of para-hydroxylation sites is 1. The van der Waals surface area contributed by atoms with E-state index in [4.69, 9.17) is 0 Å².